The lowest BCUT2D eigenvalue weighted by atomic mass is 9.83. The molecule has 0 bridgehead atoms. The number of likely N-dealkylation sites (N-methyl/N-ethyl adjacent to an activating group) is 1. The molecule has 0 saturated heterocycles. The number of benzene rings is 1. The van der Waals surface area contributed by atoms with Gasteiger partial charge in [-0.1, -0.05) is 49.9 Å². The first kappa shape index (κ1) is 19.6. The van der Waals surface area contributed by atoms with Crippen molar-refractivity contribution in [3.8, 4) is 10.7 Å². The second-order valence-electron chi connectivity index (χ2n) is 8.37. The maximum Gasteiger partial charge on any atom is 0.192 e. The van der Waals surface area contributed by atoms with E-state index in [4.69, 9.17) is 0 Å². The maximum absolute atomic E-state index is 12.9. The normalized spacial score (nSPS) is 18.8. The number of ketones is 1. The second-order valence-corrected chi connectivity index (χ2v) is 10.3. The number of allylic oxidation sites excluding steroid dienone is 2. The highest BCUT2D eigenvalue weighted by molar-refractivity contribution is 7.99. The molecule has 1 aliphatic heterocycles. The zero-order valence-electron chi connectivity index (χ0n) is 17.3. The lowest BCUT2D eigenvalue weighted by molar-refractivity contribution is -0.112. The van der Waals surface area contributed by atoms with Gasteiger partial charge in [0, 0.05) is 36.0 Å². The number of rotatable bonds is 6. The summed E-state index contributed by atoms with van der Waals surface area (Å²) in [5, 5.41) is 11.7. The van der Waals surface area contributed by atoms with Crippen LogP contribution >= 0.6 is 23.1 Å². The van der Waals surface area contributed by atoms with Crippen molar-refractivity contribution >= 4 is 34.6 Å². The summed E-state index contributed by atoms with van der Waals surface area (Å²) in [5.74, 6) is 1.39. The number of fused-ring (bicyclic) bond motifs is 1. The van der Waals surface area contributed by atoms with Crippen LogP contribution in [0.1, 0.15) is 38.3 Å². The van der Waals surface area contributed by atoms with E-state index in [9.17, 15) is 4.79 Å². The fourth-order valence-electron chi connectivity index (χ4n) is 4.20. The van der Waals surface area contributed by atoms with Crippen molar-refractivity contribution in [3.63, 3.8) is 0 Å². The van der Waals surface area contributed by atoms with E-state index in [2.05, 4.69) is 63.2 Å². The van der Waals surface area contributed by atoms with Gasteiger partial charge in [0.25, 0.3) is 0 Å². The van der Waals surface area contributed by atoms with Crippen LogP contribution in [0.3, 0.4) is 0 Å². The van der Waals surface area contributed by atoms with Crippen LogP contribution in [0.5, 0.6) is 0 Å². The van der Waals surface area contributed by atoms with Gasteiger partial charge in [0.2, 0.25) is 0 Å². The van der Waals surface area contributed by atoms with E-state index < -0.39 is 0 Å². The van der Waals surface area contributed by atoms with Crippen molar-refractivity contribution in [2.75, 3.05) is 17.7 Å². The molecular weight excluding hydrogens is 412 g/mol. The molecule has 0 radical (unpaired) electrons. The molecule has 0 unspecified atom stereocenters. The first-order chi connectivity index (χ1) is 14.5. The minimum absolute atomic E-state index is 0.103. The van der Waals surface area contributed by atoms with Crippen LogP contribution in [-0.4, -0.2) is 33.3 Å². The average molecular weight is 437 g/mol. The van der Waals surface area contributed by atoms with Crippen LogP contribution in [0.4, 0.5) is 5.69 Å². The molecule has 3 heterocycles. The molecule has 0 spiro atoms. The number of aromatic nitrogens is 3. The number of nitrogens with zero attached hydrogens (tertiary/aromatic N) is 4. The molecule has 30 heavy (non-hydrogen) atoms. The number of para-hydroxylation sites is 1. The topological polar surface area (TPSA) is 51.0 Å². The van der Waals surface area contributed by atoms with Crippen LogP contribution in [0.25, 0.3) is 10.7 Å². The Kier molecular flexibility index (Phi) is 4.82. The van der Waals surface area contributed by atoms with Crippen LogP contribution in [0.2, 0.25) is 0 Å². The molecule has 154 valence electrons. The quantitative estimate of drug-likeness (QED) is 0.387. The Balaban J connectivity index is 1.35. The molecule has 2 aromatic heterocycles. The smallest absolute Gasteiger partial charge is 0.192 e. The molecule has 5 nitrogen and oxygen atoms in total. The summed E-state index contributed by atoms with van der Waals surface area (Å²) in [6, 6.07) is 12.9. The lowest BCUT2D eigenvalue weighted by Crippen LogP contribution is -2.24. The molecule has 5 rings (SSSR count). The minimum atomic E-state index is -0.188. The number of thioether (sulfide) groups is 1. The number of carbonyl (C=O) groups excluding carboxylic acids is 1. The molecule has 1 aliphatic carbocycles. The van der Waals surface area contributed by atoms with Crippen molar-refractivity contribution < 1.29 is 4.79 Å². The van der Waals surface area contributed by atoms with Crippen LogP contribution in [-0.2, 0) is 10.2 Å². The fraction of sp³-hybridized carbons (Fsp3) is 0.348. The third kappa shape index (κ3) is 3.30. The van der Waals surface area contributed by atoms with Gasteiger partial charge in [0.1, 0.15) is 0 Å². The minimum Gasteiger partial charge on any atom is -0.347 e. The highest BCUT2D eigenvalue weighted by Gasteiger charge is 2.38. The van der Waals surface area contributed by atoms with Gasteiger partial charge in [-0.2, -0.15) is 0 Å². The Morgan fingerprint density at radius 1 is 1.23 bits per heavy atom. The molecule has 7 heteroatoms. The summed E-state index contributed by atoms with van der Waals surface area (Å²) in [6.07, 6.45) is 4.11. The molecule has 2 aliphatic rings. The molecule has 1 fully saturated rings. The Morgan fingerprint density at radius 3 is 2.73 bits per heavy atom. The predicted molar refractivity (Wildman–Crippen MR) is 123 cm³/mol. The van der Waals surface area contributed by atoms with Crippen LogP contribution in [0, 0.1) is 0 Å². The first-order valence-corrected chi connectivity index (χ1v) is 12.0. The van der Waals surface area contributed by atoms with E-state index in [0.29, 0.717) is 11.8 Å². The molecule has 1 saturated carbocycles. The highest BCUT2D eigenvalue weighted by Crippen LogP contribution is 2.46. The van der Waals surface area contributed by atoms with Crippen molar-refractivity contribution in [3.05, 3.63) is 59.1 Å². The van der Waals surface area contributed by atoms with Gasteiger partial charge in [-0.25, -0.2) is 0 Å². The molecule has 0 amide bonds. The summed E-state index contributed by atoms with van der Waals surface area (Å²) >= 11 is 3.17. The number of hydrogen-bond acceptors (Lipinski definition) is 6. The maximum atomic E-state index is 12.9. The molecule has 0 N–H and O–H groups in total. The van der Waals surface area contributed by atoms with Gasteiger partial charge in [-0.3, -0.25) is 9.36 Å². The SMILES string of the molecule is CN1/C(=C/C(=O)CSc2nnc(-c3cccs3)n2C2CC2)C(C)(C)c2ccccc21. The monoisotopic (exact) mass is 436 g/mol. The Bertz CT molecular complexity index is 1130. The zero-order chi connectivity index (χ0) is 20.9. The van der Waals surface area contributed by atoms with Crippen molar-refractivity contribution in [1.29, 1.82) is 0 Å². The molecular formula is C23H24N4OS2. The largest absolute Gasteiger partial charge is 0.347 e. The van der Waals surface area contributed by atoms with E-state index in [1.165, 1.54) is 23.0 Å². The van der Waals surface area contributed by atoms with Crippen molar-refractivity contribution in [2.24, 2.45) is 0 Å². The van der Waals surface area contributed by atoms with Gasteiger partial charge >= 0.3 is 0 Å². The second kappa shape index (κ2) is 7.39. The summed E-state index contributed by atoms with van der Waals surface area (Å²) in [4.78, 5) is 16.2. The van der Waals surface area contributed by atoms with Crippen molar-refractivity contribution in [1.82, 2.24) is 14.8 Å². The molecule has 3 aromatic rings. The number of carbonyl (C=O) groups is 1. The van der Waals surface area contributed by atoms with Gasteiger partial charge in [0.15, 0.2) is 16.8 Å². The third-order valence-electron chi connectivity index (χ3n) is 5.90. The van der Waals surface area contributed by atoms with Gasteiger partial charge in [-0.05, 0) is 35.9 Å². The Morgan fingerprint density at radius 2 is 2.03 bits per heavy atom. The average Bonchev–Trinajstić information content (AvgIpc) is 3.19. The number of hydrogen-bond donors (Lipinski definition) is 0. The van der Waals surface area contributed by atoms with E-state index in [0.717, 1.165) is 34.4 Å². The molecule has 1 aromatic carbocycles. The summed E-state index contributed by atoms with van der Waals surface area (Å²) in [7, 11) is 2.04. The highest BCUT2D eigenvalue weighted by atomic mass is 32.2. The fourth-order valence-corrected chi connectivity index (χ4v) is 5.73. The van der Waals surface area contributed by atoms with Crippen LogP contribution < -0.4 is 4.90 Å². The van der Waals surface area contributed by atoms with E-state index >= 15 is 0 Å². The van der Waals surface area contributed by atoms with Crippen LogP contribution in [0.15, 0.2) is 58.7 Å². The summed E-state index contributed by atoms with van der Waals surface area (Å²) in [6.45, 7) is 4.36. The number of thiophene rings is 1. The number of anilines is 1. The lowest BCUT2D eigenvalue weighted by Gasteiger charge is -2.23. The third-order valence-corrected chi connectivity index (χ3v) is 7.73. The Labute approximate surface area is 184 Å². The molecule has 0 atom stereocenters. The van der Waals surface area contributed by atoms with Gasteiger partial charge in [-0.15, -0.1) is 21.5 Å². The summed E-state index contributed by atoms with van der Waals surface area (Å²) < 4.78 is 2.22. The van der Waals surface area contributed by atoms with Crippen molar-refractivity contribution in [2.45, 2.75) is 43.3 Å². The van der Waals surface area contributed by atoms with E-state index in [-0.39, 0.29) is 11.2 Å². The van der Waals surface area contributed by atoms with E-state index in [1.807, 2.05) is 25.3 Å². The predicted octanol–water partition coefficient (Wildman–Crippen LogP) is 5.31. The van der Waals surface area contributed by atoms with E-state index in [1.54, 1.807) is 11.3 Å². The zero-order valence-corrected chi connectivity index (χ0v) is 19.0. The van der Waals surface area contributed by atoms with Gasteiger partial charge in [0.05, 0.1) is 10.6 Å². The first-order valence-electron chi connectivity index (χ1n) is 10.2. The van der Waals surface area contributed by atoms with Gasteiger partial charge < -0.3 is 4.90 Å². The standard InChI is InChI=1S/C23H24N4OS2/c1-23(2)17-7-4-5-8-18(17)26(3)20(23)13-16(28)14-30-22-25-24-21(19-9-6-12-29-19)27(22)15-10-11-15/h4-9,12-13,15H,10-11,14H2,1-3H3/b20-13+. The summed E-state index contributed by atoms with van der Waals surface area (Å²) in [5.41, 5.74) is 3.28. The Hall–Kier alpha value is -2.38.